The summed E-state index contributed by atoms with van der Waals surface area (Å²) in [6.45, 7) is 8.90. The first-order valence-corrected chi connectivity index (χ1v) is 11.9. The number of hydrogen-bond acceptors (Lipinski definition) is 6. The summed E-state index contributed by atoms with van der Waals surface area (Å²) in [5.41, 5.74) is 3.90. The molecule has 2 heterocycles. The van der Waals surface area contributed by atoms with Gasteiger partial charge in [-0.3, -0.25) is 4.90 Å². The van der Waals surface area contributed by atoms with Gasteiger partial charge in [-0.05, 0) is 42.2 Å². The van der Waals surface area contributed by atoms with Gasteiger partial charge in [0.05, 0.1) is 12.2 Å². The molecule has 0 bridgehead atoms. The van der Waals surface area contributed by atoms with Crippen LogP contribution in [-0.4, -0.2) is 36.8 Å². The maximum absolute atomic E-state index is 12.8. The van der Waals surface area contributed by atoms with Crippen LogP contribution in [0, 0.1) is 0 Å². The van der Waals surface area contributed by atoms with E-state index in [4.69, 9.17) is 14.5 Å². The lowest BCUT2D eigenvalue weighted by molar-refractivity contribution is 0.0526. The van der Waals surface area contributed by atoms with Gasteiger partial charge in [-0.1, -0.05) is 55.1 Å². The minimum atomic E-state index is -0.290. The van der Waals surface area contributed by atoms with E-state index in [1.807, 2.05) is 37.3 Å². The number of carbonyl (C=O) groups excluding carboxylic acids is 1. The second kappa shape index (κ2) is 11.1. The van der Waals surface area contributed by atoms with E-state index in [9.17, 15) is 4.79 Å². The molecular weight excluding hydrogens is 432 g/mol. The van der Waals surface area contributed by atoms with E-state index in [1.165, 1.54) is 10.4 Å². The predicted octanol–water partition coefficient (Wildman–Crippen LogP) is 5.80. The van der Waals surface area contributed by atoms with Crippen LogP contribution in [0.5, 0.6) is 5.75 Å². The molecule has 2 aromatic carbocycles. The molecule has 1 aromatic heterocycles. The highest BCUT2D eigenvalue weighted by molar-refractivity contribution is 7.16. The normalized spacial score (nSPS) is 13.6. The number of benzene rings is 2. The second-order valence-electron chi connectivity index (χ2n) is 7.78. The molecule has 0 N–H and O–H groups in total. The Morgan fingerprint density at radius 3 is 2.85 bits per heavy atom. The van der Waals surface area contributed by atoms with Crippen molar-refractivity contribution in [2.45, 2.75) is 26.4 Å². The number of thiophene rings is 1. The molecule has 0 atom stereocenters. The zero-order valence-corrected chi connectivity index (χ0v) is 19.6. The topological polar surface area (TPSA) is 51.1 Å². The van der Waals surface area contributed by atoms with Crippen LogP contribution in [-0.2, 0) is 24.2 Å². The number of fused-ring (bicyclic) bond motifs is 1. The van der Waals surface area contributed by atoms with Crippen molar-refractivity contribution in [2.75, 3.05) is 19.8 Å². The fourth-order valence-corrected chi connectivity index (χ4v) is 5.12. The molecule has 1 aliphatic heterocycles. The molecule has 0 radical (unpaired) electrons. The average Bonchev–Trinajstić information content (AvgIpc) is 3.20. The predicted molar refractivity (Wildman–Crippen MR) is 134 cm³/mol. The summed E-state index contributed by atoms with van der Waals surface area (Å²) in [7, 11) is 0. The van der Waals surface area contributed by atoms with Crippen LogP contribution < -0.4 is 4.74 Å². The number of ether oxygens (including phenoxy) is 2. The molecule has 0 unspecified atom stereocenters. The molecule has 0 spiro atoms. The fraction of sp³-hybridized carbons (Fsp3) is 0.259. The van der Waals surface area contributed by atoms with Gasteiger partial charge in [-0.15, -0.1) is 11.3 Å². The molecule has 170 valence electrons. The molecule has 0 aliphatic carbocycles. The van der Waals surface area contributed by atoms with Crippen LogP contribution in [0.2, 0.25) is 0 Å². The van der Waals surface area contributed by atoms with E-state index in [0.717, 1.165) is 42.9 Å². The van der Waals surface area contributed by atoms with Crippen molar-refractivity contribution in [2.24, 2.45) is 4.99 Å². The van der Waals surface area contributed by atoms with Gasteiger partial charge >= 0.3 is 5.97 Å². The highest BCUT2D eigenvalue weighted by atomic mass is 32.1. The lowest BCUT2D eigenvalue weighted by Crippen LogP contribution is -2.29. The van der Waals surface area contributed by atoms with Gasteiger partial charge < -0.3 is 9.47 Å². The van der Waals surface area contributed by atoms with Gasteiger partial charge in [0.25, 0.3) is 0 Å². The van der Waals surface area contributed by atoms with Gasteiger partial charge in [0.1, 0.15) is 17.4 Å². The Balaban J connectivity index is 1.58. The van der Waals surface area contributed by atoms with Crippen molar-refractivity contribution in [1.82, 2.24) is 4.90 Å². The molecule has 0 fully saturated rings. The number of hydrogen-bond donors (Lipinski definition) is 0. The van der Waals surface area contributed by atoms with E-state index in [-0.39, 0.29) is 5.97 Å². The van der Waals surface area contributed by atoms with Gasteiger partial charge in [-0.2, -0.15) is 0 Å². The summed E-state index contributed by atoms with van der Waals surface area (Å²) >= 11 is 1.58. The summed E-state index contributed by atoms with van der Waals surface area (Å²) in [5.74, 6) is 0.466. The standard InChI is InChI=1S/C27H28N2O3S/c1-3-15-32-22-12-8-11-21(16-22)17-28-26-25(27(30)31-4-2)23-13-14-29(19-24(23)33-26)18-20-9-6-5-7-10-20/h3,5-12,16-17H,1,4,13-15,18-19H2,2H3. The average molecular weight is 461 g/mol. The Kier molecular flexibility index (Phi) is 7.70. The van der Waals surface area contributed by atoms with Crippen LogP contribution in [0.4, 0.5) is 5.00 Å². The van der Waals surface area contributed by atoms with Crippen molar-refractivity contribution < 1.29 is 14.3 Å². The monoisotopic (exact) mass is 460 g/mol. The fourth-order valence-electron chi connectivity index (χ4n) is 3.90. The molecule has 33 heavy (non-hydrogen) atoms. The van der Waals surface area contributed by atoms with Crippen LogP contribution >= 0.6 is 11.3 Å². The van der Waals surface area contributed by atoms with Gasteiger partial charge in [0, 0.05) is 30.7 Å². The van der Waals surface area contributed by atoms with Crippen LogP contribution in [0.1, 0.15) is 38.8 Å². The second-order valence-corrected chi connectivity index (χ2v) is 8.86. The molecule has 4 rings (SSSR count). The van der Waals surface area contributed by atoms with Crippen LogP contribution in [0.15, 0.2) is 72.2 Å². The van der Waals surface area contributed by atoms with Crippen molar-refractivity contribution in [3.63, 3.8) is 0 Å². The highest BCUT2D eigenvalue weighted by Crippen LogP contribution is 2.39. The largest absolute Gasteiger partial charge is 0.490 e. The molecule has 6 heteroatoms. The Bertz CT molecular complexity index is 1140. The molecule has 0 saturated heterocycles. The van der Waals surface area contributed by atoms with Crippen molar-refractivity contribution in [3.8, 4) is 5.75 Å². The highest BCUT2D eigenvalue weighted by Gasteiger charge is 2.28. The third-order valence-electron chi connectivity index (χ3n) is 5.40. The van der Waals surface area contributed by atoms with Crippen molar-refractivity contribution in [3.05, 3.63) is 94.4 Å². The van der Waals surface area contributed by atoms with Crippen molar-refractivity contribution in [1.29, 1.82) is 0 Å². The van der Waals surface area contributed by atoms with Gasteiger partial charge in [0.2, 0.25) is 0 Å². The maximum atomic E-state index is 12.8. The minimum Gasteiger partial charge on any atom is -0.490 e. The third-order valence-corrected chi connectivity index (χ3v) is 6.53. The molecule has 3 aromatic rings. The third kappa shape index (κ3) is 5.78. The Labute approximate surface area is 199 Å². The molecule has 1 aliphatic rings. The first-order valence-electron chi connectivity index (χ1n) is 11.1. The molecule has 0 saturated carbocycles. The zero-order chi connectivity index (χ0) is 23.0. The Morgan fingerprint density at radius 2 is 2.06 bits per heavy atom. The SMILES string of the molecule is C=CCOc1cccc(C=Nc2sc3c(c2C(=O)OCC)CCN(Cc2ccccc2)C3)c1. The van der Waals surface area contributed by atoms with Crippen LogP contribution in [0.3, 0.4) is 0 Å². The van der Waals surface area contributed by atoms with E-state index in [1.54, 1.807) is 23.6 Å². The number of esters is 1. The summed E-state index contributed by atoms with van der Waals surface area (Å²) in [6, 6.07) is 18.2. The van der Waals surface area contributed by atoms with Crippen molar-refractivity contribution >= 4 is 28.5 Å². The zero-order valence-electron chi connectivity index (χ0n) is 18.8. The Morgan fingerprint density at radius 1 is 1.21 bits per heavy atom. The lowest BCUT2D eigenvalue weighted by Gasteiger charge is -2.27. The van der Waals surface area contributed by atoms with E-state index < -0.39 is 0 Å². The minimum absolute atomic E-state index is 0.290. The van der Waals surface area contributed by atoms with E-state index in [0.29, 0.717) is 23.8 Å². The number of carbonyl (C=O) groups is 1. The van der Waals surface area contributed by atoms with Crippen LogP contribution in [0.25, 0.3) is 0 Å². The smallest absolute Gasteiger partial charge is 0.341 e. The Hall–Kier alpha value is -3.22. The number of aliphatic imine (C=N–C) groups is 1. The number of nitrogens with zero attached hydrogens (tertiary/aromatic N) is 2. The van der Waals surface area contributed by atoms with Gasteiger partial charge in [0.15, 0.2) is 0 Å². The van der Waals surface area contributed by atoms with E-state index in [2.05, 4.69) is 35.7 Å². The first-order chi connectivity index (χ1) is 16.2. The summed E-state index contributed by atoms with van der Waals surface area (Å²) in [4.78, 5) is 21.1. The van der Waals surface area contributed by atoms with E-state index >= 15 is 0 Å². The van der Waals surface area contributed by atoms with Gasteiger partial charge in [-0.25, -0.2) is 9.79 Å². The number of rotatable bonds is 9. The molecule has 0 amide bonds. The maximum Gasteiger partial charge on any atom is 0.341 e. The summed E-state index contributed by atoms with van der Waals surface area (Å²) < 4.78 is 11.0. The quantitative estimate of drug-likeness (QED) is 0.230. The first kappa shape index (κ1) is 23.0. The summed E-state index contributed by atoms with van der Waals surface area (Å²) in [6.07, 6.45) is 4.30. The molecular formula is C27H28N2O3S. The lowest BCUT2D eigenvalue weighted by atomic mass is 10.0. The summed E-state index contributed by atoms with van der Waals surface area (Å²) in [5, 5.41) is 0.706. The molecule has 5 nitrogen and oxygen atoms in total.